The van der Waals surface area contributed by atoms with Gasteiger partial charge in [0.25, 0.3) is 0 Å². The molecular formula is C17H18O5S. The van der Waals surface area contributed by atoms with E-state index in [0.717, 1.165) is 24.2 Å². The van der Waals surface area contributed by atoms with Gasteiger partial charge in [-0.1, -0.05) is 36.4 Å². The van der Waals surface area contributed by atoms with Crippen molar-refractivity contribution in [1.82, 2.24) is 0 Å². The number of allylic oxidation sites excluding steroid dienone is 1. The number of ether oxygens (including phenoxy) is 3. The van der Waals surface area contributed by atoms with Crippen LogP contribution in [0, 0.1) is 0 Å². The maximum Gasteiger partial charge on any atom is 0.509 e. The highest BCUT2D eigenvalue weighted by Gasteiger charge is 2.46. The maximum atomic E-state index is 11.6. The van der Waals surface area contributed by atoms with Crippen molar-refractivity contribution in [3.05, 3.63) is 48.0 Å². The summed E-state index contributed by atoms with van der Waals surface area (Å²) < 4.78 is 15.4. The van der Waals surface area contributed by atoms with Crippen molar-refractivity contribution in [2.24, 2.45) is 0 Å². The summed E-state index contributed by atoms with van der Waals surface area (Å²) >= 11 is 1.75. The zero-order chi connectivity index (χ0) is 16.1. The van der Waals surface area contributed by atoms with E-state index in [-0.39, 0.29) is 30.0 Å². The molecule has 5 nitrogen and oxygen atoms in total. The molecule has 0 unspecified atom stereocenters. The molecule has 0 aromatic heterocycles. The molecule has 3 rings (SSSR count). The zero-order valence-corrected chi connectivity index (χ0v) is 13.4. The summed E-state index contributed by atoms with van der Waals surface area (Å²) in [6.07, 6.45) is 4.01. The van der Waals surface area contributed by atoms with Gasteiger partial charge >= 0.3 is 12.1 Å². The molecule has 1 aromatic carbocycles. The molecule has 0 amide bonds. The van der Waals surface area contributed by atoms with E-state index in [4.69, 9.17) is 14.2 Å². The van der Waals surface area contributed by atoms with E-state index in [1.54, 1.807) is 17.8 Å². The van der Waals surface area contributed by atoms with Gasteiger partial charge in [0.05, 0.1) is 0 Å². The van der Waals surface area contributed by atoms with Crippen LogP contribution in [-0.2, 0) is 25.6 Å². The van der Waals surface area contributed by atoms with Crippen molar-refractivity contribution in [2.75, 3.05) is 5.75 Å². The topological polar surface area (TPSA) is 61.8 Å². The van der Waals surface area contributed by atoms with Gasteiger partial charge in [-0.05, 0) is 18.4 Å². The third kappa shape index (κ3) is 4.28. The standard InChI is InChI=1S/C17H18O5S/c18-15(20-10-12-6-2-1-3-7-12)9-5-4-8-14-16-13(11-23-14)21-17(19)22-16/h1-3,5-7,9,13-14,16H,4,8,10-11H2/t13-,14-,16-/m0/s1. The second kappa shape index (κ2) is 7.55. The number of thioether (sulfide) groups is 1. The molecule has 1 aromatic rings. The van der Waals surface area contributed by atoms with Gasteiger partial charge in [0.15, 0.2) is 12.2 Å². The van der Waals surface area contributed by atoms with Crippen LogP contribution in [0.5, 0.6) is 0 Å². The van der Waals surface area contributed by atoms with Gasteiger partial charge in [0.2, 0.25) is 0 Å². The lowest BCUT2D eigenvalue weighted by Gasteiger charge is -2.12. The molecule has 2 fully saturated rings. The van der Waals surface area contributed by atoms with Crippen LogP contribution in [0.3, 0.4) is 0 Å². The lowest BCUT2D eigenvalue weighted by molar-refractivity contribution is -0.139. The SMILES string of the molecule is O=C(C=CCC[C@@H]1SC[C@@H]2OC(=O)O[C@@H]21)OCc1ccccc1. The largest absolute Gasteiger partial charge is 0.509 e. The fraction of sp³-hybridized carbons (Fsp3) is 0.412. The van der Waals surface area contributed by atoms with Gasteiger partial charge in [0.1, 0.15) is 6.61 Å². The van der Waals surface area contributed by atoms with Crippen molar-refractivity contribution in [3.63, 3.8) is 0 Å². The number of benzene rings is 1. The summed E-state index contributed by atoms with van der Waals surface area (Å²) in [5.41, 5.74) is 0.964. The van der Waals surface area contributed by atoms with E-state index < -0.39 is 6.16 Å². The Morgan fingerprint density at radius 1 is 1.30 bits per heavy atom. The van der Waals surface area contributed by atoms with Crippen LogP contribution in [-0.4, -0.2) is 35.3 Å². The van der Waals surface area contributed by atoms with Crippen LogP contribution in [0.1, 0.15) is 18.4 Å². The first-order valence-corrected chi connectivity index (χ1v) is 8.63. The van der Waals surface area contributed by atoms with Crippen molar-refractivity contribution in [3.8, 4) is 0 Å². The van der Waals surface area contributed by atoms with Gasteiger partial charge in [-0.15, -0.1) is 0 Å². The first-order valence-electron chi connectivity index (χ1n) is 7.58. The third-order valence-electron chi connectivity index (χ3n) is 3.78. The average Bonchev–Trinajstić information content (AvgIpc) is 3.10. The Balaban J connectivity index is 1.36. The quantitative estimate of drug-likeness (QED) is 0.588. The summed E-state index contributed by atoms with van der Waals surface area (Å²) in [5, 5.41) is 0.233. The second-order valence-electron chi connectivity index (χ2n) is 5.43. The molecule has 0 spiro atoms. The summed E-state index contributed by atoms with van der Waals surface area (Å²) in [4.78, 5) is 22.7. The molecule has 2 heterocycles. The minimum absolute atomic E-state index is 0.114. The van der Waals surface area contributed by atoms with E-state index in [2.05, 4.69) is 0 Å². The normalized spacial score (nSPS) is 25.9. The minimum Gasteiger partial charge on any atom is -0.458 e. The molecule has 0 aliphatic carbocycles. The predicted octanol–water partition coefficient (Wildman–Crippen LogP) is 3.09. The van der Waals surface area contributed by atoms with Crippen LogP contribution >= 0.6 is 11.8 Å². The summed E-state index contributed by atoms with van der Waals surface area (Å²) in [6.45, 7) is 0.277. The molecule has 0 bridgehead atoms. The van der Waals surface area contributed by atoms with Crippen LogP contribution < -0.4 is 0 Å². The summed E-state index contributed by atoms with van der Waals surface area (Å²) in [5.74, 6) is 0.436. The molecule has 23 heavy (non-hydrogen) atoms. The Kier molecular flexibility index (Phi) is 5.23. The highest BCUT2D eigenvalue weighted by molar-refractivity contribution is 8.00. The molecule has 2 aliphatic heterocycles. The average molecular weight is 334 g/mol. The van der Waals surface area contributed by atoms with E-state index in [1.165, 1.54) is 6.08 Å². The van der Waals surface area contributed by atoms with Gasteiger partial charge in [0, 0.05) is 17.1 Å². The Bertz CT molecular complexity index is 586. The molecule has 6 heteroatoms. The Morgan fingerprint density at radius 3 is 2.96 bits per heavy atom. The van der Waals surface area contributed by atoms with Crippen LogP contribution in [0.15, 0.2) is 42.5 Å². The first-order chi connectivity index (χ1) is 11.2. The minimum atomic E-state index is -0.565. The highest BCUT2D eigenvalue weighted by Crippen LogP contribution is 2.38. The van der Waals surface area contributed by atoms with Gasteiger partial charge in [-0.25, -0.2) is 9.59 Å². The third-order valence-corrected chi connectivity index (χ3v) is 5.24. The lowest BCUT2D eigenvalue weighted by Crippen LogP contribution is -2.26. The molecule has 2 aliphatic rings. The predicted molar refractivity (Wildman–Crippen MR) is 86.0 cm³/mol. The zero-order valence-electron chi connectivity index (χ0n) is 12.6. The smallest absolute Gasteiger partial charge is 0.458 e. The van der Waals surface area contributed by atoms with Crippen molar-refractivity contribution >= 4 is 23.9 Å². The highest BCUT2D eigenvalue weighted by atomic mass is 32.2. The Morgan fingerprint density at radius 2 is 2.13 bits per heavy atom. The molecular weight excluding hydrogens is 316 g/mol. The van der Waals surface area contributed by atoms with Crippen LogP contribution in [0.25, 0.3) is 0 Å². The second-order valence-corrected chi connectivity index (χ2v) is 6.71. The monoisotopic (exact) mass is 334 g/mol. The fourth-order valence-electron chi connectivity index (χ4n) is 2.63. The van der Waals surface area contributed by atoms with Crippen molar-refractivity contribution < 1.29 is 23.8 Å². The van der Waals surface area contributed by atoms with Crippen molar-refractivity contribution in [2.45, 2.75) is 36.9 Å². The summed E-state index contributed by atoms with van der Waals surface area (Å²) in [7, 11) is 0. The van der Waals surface area contributed by atoms with E-state index in [1.807, 2.05) is 30.3 Å². The van der Waals surface area contributed by atoms with Crippen LogP contribution in [0.2, 0.25) is 0 Å². The van der Waals surface area contributed by atoms with Gasteiger partial charge < -0.3 is 14.2 Å². The number of carbonyl (C=O) groups is 2. The van der Waals surface area contributed by atoms with E-state index >= 15 is 0 Å². The number of hydrogen-bond donors (Lipinski definition) is 0. The van der Waals surface area contributed by atoms with E-state index in [9.17, 15) is 9.59 Å². The molecule has 3 atom stereocenters. The number of carbonyl (C=O) groups excluding carboxylic acids is 2. The maximum absolute atomic E-state index is 11.6. The number of hydrogen-bond acceptors (Lipinski definition) is 6. The molecule has 0 N–H and O–H groups in total. The number of rotatable bonds is 6. The first kappa shape index (κ1) is 15.9. The Labute approximate surface area is 139 Å². The number of fused-ring (bicyclic) bond motifs is 1. The van der Waals surface area contributed by atoms with E-state index in [0.29, 0.717) is 0 Å². The summed E-state index contributed by atoms with van der Waals surface area (Å²) in [6, 6.07) is 9.56. The molecule has 2 saturated heterocycles. The fourth-order valence-corrected chi connectivity index (χ4v) is 4.05. The molecule has 0 radical (unpaired) electrons. The van der Waals surface area contributed by atoms with Crippen molar-refractivity contribution in [1.29, 1.82) is 0 Å². The number of esters is 1. The van der Waals surface area contributed by atoms with Crippen LogP contribution in [0.4, 0.5) is 4.79 Å². The van der Waals surface area contributed by atoms with Gasteiger partial charge in [-0.2, -0.15) is 11.8 Å². The molecule has 122 valence electrons. The Hall–Kier alpha value is -1.95. The van der Waals surface area contributed by atoms with Gasteiger partial charge in [-0.3, -0.25) is 0 Å². The molecule has 0 saturated carbocycles. The lowest BCUT2D eigenvalue weighted by atomic mass is 10.1.